The molecule has 4 saturated heterocycles. The van der Waals surface area contributed by atoms with E-state index in [9.17, 15) is 19.2 Å². The Morgan fingerprint density at radius 3 is 1.04 bits per heavy atom. The Morgan fingerprint density at radius 2 is 0.727 bits per heavy atom. The average molecular weight is 777 g/mol. The molecule has 4 aliphatic rings. The minimum atomic E-state index is -1.33. The Balaban J connectivity index is 1.66. The zero-order valence-electron chi connectivity index (χ0n) is 36.9. The minimum absolute atomic E-state index is 0.0810. The second-order valence-corrected chi connectivity index (χ2v) is 22.2. The predicted octanol–water partition coefficient (Wildman–Crippen LogP) is 6.02. The normalized spacial score (nSPS) is 29.6. The molecule has 4 fully saturated rings. The fraction of sp³-hybridized carbons (Fsp3) is 0.907. The third-order valence-corrected chi connectivity index (χ3v) is 11.5. The number of hydrogen-bond donors (Lipinski definition) is 4. The summed E-state index contributed by atoms with van der Waals surface area (Å²) >= 11 is 0. The van der Waals surface area contributed by atoms with Gasteiger partial charge in [0.2, 0.25) is 0 Å². The number of ether oxygens (including phenoxy) is 4. The molecule has 0 saturated carbocycles. The first-order valence-electron chi connectivity index (χ1n) is 20.8. The first-order chi connectivity index (χ1) is 24.8. The van der Waals surface area contributed by atoms with E-state index in [1.165, 1.54) is 0 Å². The molecule has 0 spiro atoms. The molecule has 4 rings (SSSR count). The zero-order chi connectivity index (χ0) is 41.6. The monoisotopic (exact) mass is 777 g/mol. The number of rotatable bonds is 11. The lowest BCUT2D eigenvalue weighted by atomic mass is 9.80. The van der Waals surface area contributed by atoms with Gasteiger partial charge in [-0.2, -0.15) is 0 Å². The number of esters is 4. The highest BCUT2D eigenvalue weighted by atomic mass is 16.6. The van der Waals surface area contributed by atoms with Gasteiger partial charge in [0.1, 0.15) is 24.4 Å². The molecule has 4 atom stereocenters. The molecule has 12 heteroatoms. The van der Waals surface area contributed by atoms with Gasteiger partial charge in [0.25, 0.3) is 0 Å². The van der Waals surface area contributed by atoms with E-state index in [0.29, 0.717) is 51.4 Å². The van der Waals surface area contributed by atoms with Gasteiger partial charge in [0.15, 0.2) is 0 Å². The van der Waals surface area contributed by atoms with Gasteiger partial charge in [-0.25, -0.2) is 0 Å². The van der Waals surface area contributed by atoms with Gasteiger partial charge in [-0.3, -0.25) is 19.2 Å². The van der Waals surface area contributed by atoms with Crippen molar-refractivity contribution in [3.63, 3.8) is 0 Å². The fourth-order valence-electron chi connectivity index (χ4n) is 11.0. The molecule has 0 radical (unpaired) electrons. The van der Waals surface area contributed by atoms with E-state index in [1.54, 1.807) is 0 Å². The van der Waals surface area contributed by atoms with Crippen LogP contribution >= 0.6 is 0 Å². The molecule has 0 aromatic carbocycles. The van der Waals surface area contributed by atoms with E-state index in [-0.39, 0.29) is 44.8 Å². The summed E-state index contributed by atoms with van der Waals surface area (Å²) < 4.78 is 24.7. The number of hydrogen-bond acceptors (Lipinski definition) is 12. The van der Waals surface area contributed by atoms with E-state index < -0.39 is 73.0 Å². The van der Waals surface area contributed by atoms with Crippen molar-refractivity contribution in [1.82, 2.24) is 21.3 Å². The summed E-state index contributed by atoms with van der Waals surface area (Å²) in [4.78, 5) is 57.1. The first kappa shape index (κ1) is 45.4. The highest BCUT2D eigenvalue weighted by Gasteiger charge is 2.47. The molecular weight excluding hydrogens is 700 g/mol. The summed E-state index contributed by atoms with van der Waals surface area (Å²) in [6, 6.07) is 0.0810. The van der Waals surface area contributed by atoms with Crippen molar-refractivity contribution in [3.05, 3.63) is 0 Å². The van der Waals surface area contributed by atoms with Gasteiger partial charge in [-0.05, 0) is 110 Å². The molecule has 4 heterocycles. The van der Waals surface area contributed by atoms with E-state index in [2.05, 4.69) is 118 Å². The molecule has 0 aromatic rings. The van der Waals surface area contributed by atoms with E-state index in [1.807, 2.05) is 6.92 Å². The number of nitrogens with one attached hydrogen (secondary N) is 4. The third kappa shape index (κ3) is 14.0. The molecule has 0 aliphatic carbocycles. The lowest BCUT2D eigenvalue weighted by molar-refractivity contribution is -0.177. The van der Waals surface area contributed by atoms with Crippen molar-refractivity contribution in [1.29, 1.82) is 0 Å². The van der Waals surface area contributed by atoms with Gasteiger partial charge in [0, 0.05) is 89.8 Å². The van der Waals surface area contributed by atoms with Crippen LogP contribution in [-0.2, 0) is 38.1 Å². The Labute approximate surface area is 331 Å². The molecule has 4 aliphatic heterocycles. The van der Waals surface area contributed by atoms with Crippen LogP contribution < -0.4 is 21.3 Å². The molecule has 0 bridgehead atoms. The van der Waals surface area contributed by atoms with Crippen LogP contribution in [0.15, 0.2) is 0 Å². The van der Waals surface area contributed by atoms with Crippen molar-refractivity contribution in [2.45, 2.75) is 237 Å². The maximum Gasteiger partial charge on any atom is 0.310 e. The summed E-state index contributed by atoms with van der Waals surface area (Å²) in [6.45, 7) is 31.0. The maximum absolute atomic E-state index is 14.6. The zero-order valence-corrected chi connectivity index (χ0v) is 36.9. The smallest absolute Gasteiger partial charge is 0.310 e. The highest BCUT2D eigenvalue weighted by molar-refractivity contribution is 5.88. The van der Waals surface area contributed by atoms with Crippen molar-refractivity contribution in [2.24, 2.45) is 11.8 Å². The fourth-order valence-corrected chi connectivity index (χ4v) is 11.0. The molecular formula is C43H76N4O8. The lowest BCUT2D eigenvalue weighted by Crippen LogP contribution is -2.60. The van der Waals surface area contributed by atoms with Crippen molar-refractivity contribution in [2.75, 3.05) is 0 Å². The number of piperidine rings is 4. The van der Waals surface area contributed by atoms with Crippen molar-refractivity contribution >= 4 is 23.9 Å². The summed E-state index contributed by atoms with van der Waals surface area (Å²) in [5.41, 5.74) is -2.08. The number of carbonyl (C=O) groups is 4. The van der Waals surface area contributed by atoms with Gasteiger partial charge in [-0.1, -0.05) is 0 Å². The quantitative estimate of drug-likeness (QED) is 0.143. The molecule has 4 N–H and O–H groups in total. The second kappa shape index (κ2) is 16.2. The minimum Gasteiger partial charge on any atom is -0.462 e. The second-order valence-electron chi connectivity index (χ2n) is 22.2. The topological polar surface area (TPSA) is 153 Å². The average Bonchev–Trinajstić information content (AvgIpc) is 2.88. The van der Waals surface area contributed by atoms with Gasteiger partial charge < -0.3 is 40.2 Å². The maximum atomic E-state index is 14.6. The molecule has 55 heavy (non-hydrogen) atoms. The van der Waals surface area contributed by atoms with Crippen LogP contribution in [0.4, 0.5) is 0 Å². The molecule has 0 amide bonds. The van der Waals surface area contributed by atoms with Crippen molar-refractivity contribution < 1.29 is 38.1 Å². The number of carbonyl (C=O) groups excluding carboxylic acids is 4. The van der Waals surface area contributed by atoms with Crippen LogP contribution in [-0.4, -0.2) is 93.1 Å². The predicted molar refractivity (Wildman–Crippen MR) is 213 cm³/mol. The van der Waals surface area contributed by atoms with Crippen LogP contribution in [0.25, 0.3) is 0 Å². The van der Waals surface area contributed by atoms with Crippen LogP contribution in [0.2, 0.25) is 0 Å². The van der Waals surface area contributed by atoms with Gasteiger partial charge in [-0.15, -0.1) is 0 Å². The third-order valence-electron chi connectivity index (χ3n) is 11.5. The molecule has 316 valence electrons. The van der Waals surface area contributed by atoms with Crippen LogP contribution in [0.1, 0.15) is 168 Å². The van der Waals surface area contributed by atoms with Crippen LogP contribution in [0.5, 0.6) is 0 Å². The van der Waals surface area contributed by atoms with Crippen LogP contribution in [0, 0.1) is 11.8 Å². The van der Waals surface area contributed by atoms with E-state index >= 15 is 0 Å². The highest BCUT2D eigenvalue weighted by Crippen LogP contribution is 2.36. The standard InChI is InChI=1S/C43H76N4O8/c1-26-16-27(19-37(2,3)44-26)54-35(50)31(17-33(48)52-28-20-38(4,5)45-39(6,7)21-28)32(36(51)55-30-24-42(12,13)47-43(14,15)25-30)18-34(49)53-29-22-40(8,9)46-41(10,11)23-29/h26-32,44-47H,16-25H2,1-15H3. The largest absolute Gasteiger partial charge is 0.462 e. The summed E-state index contributed by atoms with van der Waals surface area (Å²) in [5.74, 6) is -5.30. The van der Waals surface area contributed by atoms with E-state index in [0.717, 1.165) is 0 Å². The molecule has 12 nitrogen and oxygen atoms in total. The summed E-state index contributed by atoms with van der Waals surface area (Å²) in [6.07, 6.45) is 1.95. The first-order valence-corrected chi connectivity index (χ1v) is 20.8. The van der Waals surface area contributed by atoms with Gasteiger partial charge in [0.05, 0.1) is 24.7 Å². The van der Waals surface area contributed by atoms with E-state index in [4.69, 9.17) is 18.9 Å². The summed E-state index contributed by atoms with van der Waals surface area (Å²) in [5, 5.41) is 14.4. The van der Waals surface area contributed by atoms with Crippen molar-refractivity contribution in [3.8, 4) is 0 Å². The Morgan fingerprint density at radius 1 is 0.455 bits per heavy atom. The lowest BCUT2D eigenvalue weighted by Gasteiger charge is -2.46. The van der Waals surface area contributed by atoms with Crippen LogP contribution in [0.3, 0.4) is 0 Å². The molecule has 0 aromatic heterocycles. The SMILES string of the molecule is CC1CC(OC(=O)C(CC(=O)OC2CC(C)(C)NC(C)(C)C2)C(CC(=O)OC2CC(C)(C)NC(C)(C)C2)C(=O)OC2CC(C)(C)NC(C)(C)C2)CC(C)(C)N1. The Bertz CT molecular complexity index is 1370. The Hall–Kier alpha value is -2.28. The summed E-state index contributed by atoms with van der Waals surface area (Å²) in [7, 11) is 0. The Kier molecular flexibility index (Phi) is 13.4. The van der Waals surface area contributed by atoms with Gasteiger partial charge >= 0.3 is 23.9 Å². The molecule has 4 unspecified atom stereocenters.